The van der Waals surface area contributed by atoms with Gasteiger partial charge in [0.1, 0.15) is 0 Å². The maximum atomic E-state index is 6.04. The van der Waals surface area contributed by atoms with Gasteiger partial charge < -0.3 is 14.2 Å². The molecule has 1 saturated carbocycles. The fourth-order valence-corrected chi connectivity index (χ4v) is 3.99. The second-order valence-electron chi connectivity index (χ2n) is 7.18. The van der Waals surface area contributed by atoms with Crippen molar-refractivity contribution >= 4 is 0 Å². The van der Waals surface area contributed by atoms with Gasteiger partial charge in [0.15, 0.2) is 0 Å². The zero-order valence-electron chi connectivity index (χ0n) is 14.1. The van der Waals surface area contributed by atoms with E-state index in [-0.39, 0.29) is 0 Å². The molecule has 0 aromatic carbocycles. The second kappa shape index (κ2) is 7.94. The van der Waals surface area contributed by atoms with Crippen LogP contribution in [0.1, 0.15) is 84.0 Å². The molecule has 0 unspecified atom stereocenters. The van der Waals surface area contributed by atoms with Gasteiger partial charge in [0, 0.05) is 25.7 Å². The molecular formula is C19H32O3. The van der Waals surface area contributed by atoms with Crippen LogP contribution in [0, 0.1) is 0 Å². The van der Waals surface area contributed by atoms with Gasteiger partial charge in [-0.3, -0.25) is 0 Å². The maximum absolute atomic E-state index is 6.04. The highest BCUT2D eigenvalue weighted by molar-refractivity contribution is 4.91. The fraction of sp³-hybridized carbons (Fsp3) is 0.895. The van der Waals surface area contributed by atoms with E-state index in [9.17, 15) is 0 Å². The highest BCUT2D eigenvalue weighted by Gasteiger charge is 2.54. The van der Waals surface area contributed by atoms with Crippen molar-refractivity contribution in [3.8, 4) is 0 Å². The van der Waals surface area contributed by atoms with Gasteiger partial charge in [0.05, 0.1) is 18.3 Å². The number of hydrogen-bond acceptors (Lipinski definition) is 3. The largest absolute Gasteiger partial charge is 0.324 e. The summed E-state index contributed by atoms with van der Waals surface area (Å²) in [6, 6.07) is 0. The van der Waals surface area contributed by atoms with Crippen LogP contribution in [-0.4, -0.2) is 24.3 Å². The minimum Gasteiger partial charge on any atom is -0.324 e. The Morgan fingerprint density at radius 2 is 1.32 bits per heavy atom. The first-order valence-electron chi connectivity index (χ1n) is 9.48. The van der Waals surface area contributed by atoms with Gasteiger partial charge in [0.25, 0.3) is 5.97 Å². The van der Waals surface area contributed by atoms with E-state index in [0.717, 1.165) is 32.1 Å². The summed E-state index contributed by atoms with van der Waals surface area (Å²) in [5.74, 6) is -0.672. The van der Waals surface area contributed by atoms with Gasteiger partial charge in [-0.05, 0) is 25.7 Å². The molecule has 3 nitrogen and oxygen atoms in total. The fourth-order valence-electron chi connectivity index (χ4n) is 3.99. The van der Waals surface area contributed by atoms with Gasteiger partial charge in [-0.15, -0.1) is 0 Å². The quantitative estimate of drug-likeness (QED) is 0.415. The Balaban J connectivity index is 1.26. The van der Waals surface area contributed by atoms with Crippen LogP contribution in [0.4, 0.5) is 0 Å². The van der Waals surface area contributed by atoms with E-state index in [1.54, 1.807) is 0 Å². The van der Waals surface area contributed by atoms with Crippen molar-refractivity contribution in [3.05, 3.63) is 12.2 Å². The highest BCUT2D eigenvalue weighted by atomic mass is 16.9. The Kier molecular flexibility index (Phi) is 5.95. The van der Waals surface area contributed by atoms with Gasteiger partial charge in [-0.2, -0.15) is 0 Å². The van der Waals surface area contributed by atoms with Crippen LogP contribution in [0.15, 0.2) is 12.2 Å². The average molecular weight is 308 g/mol. The molecule has 4 bridgehead atoms. The van der Waals surface area contributed by atoms with Crippen molar-refractivity contribution in [2.45, 2.75) is 108 Å². The Morgan fingerprint density at radius 3 is 1.91 bits per heavy atom. The molecule has 126 valence electrons. The predicted octanol–water partition coefficient (Wildman–Crippen LogP) is 5.09. The number of rotatable bonds is 10. The molecule has 3 heterocycles. The lowest BCUT2D eigenvalue weighted by molar-refractivity contribution is -0.495. The van der Waals surface area contributed by atoms with Crippen LogP contribution in [0.2, 0.25) is 0 Å². The third-order valence-corrected chi connectivity index (χ3v) is 5.11. The topological polar surface area (TPSA) is 27.7 Å². The van der Waals surface area contributed by atoms with E-state index in [0.29, 0.717) is 18.3 Å². The summed E-state index contributed by atoms with van der Waals surface area (Å²) in [7, 11) is 0. The molecule has 0 aromatic rings. The smallest absolute Gasteiger partial charge is 0.283 e. The molecule has 4 aliphatic rings. The van der Waals surface area contributed by atoms with Gasteiger partial charge in [0.2, 0.25) is 0 Å². The van der Waals surface area contributed by atoms with E-state index in [1.165, 1.54) is 44.9 Å². The number of allylic oxidation sites excluding steroid dienone is 2. The first-order chi connectivity index (χ1) is 10.8. The van der Waals surface area contributed by atoms with Gasteiger partial charge in [-0.1, -0.05) is 44.8 Å². The van der Waals surface area contributed by atoms with Gasteiger partial charge >= 0.3 is 0 Å². The number of unbranched alkanes of at least 4 members (excludes halogenated alkanes) is 6. The molecule has 0 radical (unpaired) electrons. The minimum absolute atomic E-state index is 0.388. The molecule has 3 heteroatoms. The highest BCUT2D eigenvalue weighted by Crippen LogP contribution is 2.46. The van der Waals surface area contributed by atoms with Crippen LogP contribution in [0.3, 0.4) is 0 Å². The van der Waals surface area contributed by atoms with E-state index in [1.807, 2.05) is 0 Å². The molecule has 4 fully saturated rings. The molecular weight excluding hydrogens is 276 g/mol. The lowest BCUT2D eigenvalue weighted by Gasteiger charge is -2.55. The third-order valence-electron chi connectivity index (χ3n) is 5.11. The van der Waals surface area contributed by atoms with Crippen LogP contribution in [0.25, 0.3) is 0 Å². The molecule has 1 aliphatic carbocycles. The molecule has 22 heavy (non-hydrogen) atoms. The summed E-state index contributed by atoms with van der Waals surface area (Å²) >= 11 is 0. The molecule has 0 N–H and O–H groups in total. The van der Waals surface area contributed by atoms with E-state index in [2.05, 4.69) is 19.1 Å². The summed E-state index contributed by atoms with van der Waals surface area (Å²) in [6.45, 7) is 2.24. The van der Waals surface area contributed by atoms with Crippen LogP contribution in [0.5, 0.6) is 0 Å². The lowest BCUT2D eigenvalue weighted by Crippen LogP contribution is -2.62. The molecule has 0 amide bonds. The molecule has 0 atom stereocenters. The van der Waals surface area contributed by atoms with Crippen LogP contribution in [-0.2, 0) is 14.2 Å². The molecule has 3 saturated heterocycles. The van der Waals surface area contributed by atoms with Crippen LogP contribution < -0.4 is 0 Å². The van der Waals surface area contributed by atoms with Crippen molar-refractivity contribution in [2.24, 2.45) is 0 Å². The Hall–Kier alpha value is -0.380. The summed E-state index contributed by atoms with van der Waals surface area (Å²) in [5, 5.41) is 0. The third kappa shape index (κ3) is 4.33. The SMILES string of the molecule is CCCC/C=C/CCCCCCC12OC3CC(CC(C3)O1)O2. The summed E-state index contributed by atoms with van der Waals surface area (Å²) in [6.07, 6.45) is 20.1. The van der Waals surface area contributed by atoms with Crippen molar-refractivity contribution < 1.29 is 14.2 Å². The minimum atomic E-state index is -0.672. The van der Waals surface area contributed by atoms with Crippen molar-refractivity contribution in [3.63, 3.8) is 0 Å². The summed E-state index contributed by atoms with van der Waals surface area (Å²) < 4.78 is 18.1. The Morgan fingerprint density at radius 1 is 0.773 bits per heavy atom. The van der Waals surface area contributed by atoms with Gasteiger partial charge in [-0.25, -0.2) is 0 Å². The summed E-state index contributed by atoms with van der Waals surface area (Å²) in [4.78, 5) is 0. The lowest BCUT2D eigenvalue weighted by atomic mass is 9.88. The van der Waals surface area contributed by atoms with E-state index < -0.39 is 5.97 Å². The van der Waals surface area contributed by atoms with Crippen LogP contribution >= 0.6 is 0 Å². The van der Waals surface area contributed by atoms with E-state index in [4.69, 9.17) is 14.2 Å². The molecule has 4 rings (SSSR count). The summed E-state index contributed by atoms with van der Waals surface area (Å²) in [5.41, 5.74) is 0. The standard InChI is InChI=1S/C19H32O3/c1-2-3-4-5-6-7-8-9-10-11-12-19-20-16-13-17(21-19)15-18(14-16)22-19/h5-6,16-18H,2-4,7-15H2,1H3/b6-5+. The average Bonchev–Trinajstić information content (AvgIpc) is 2.48. The Bertz CT molecular complexity index is 328. The number of ether oxygens (including phenoxy) is 3. The number of hydrogen-bond donors (Lipinski definition) is 0. The zero-order chi connectivity index (χ0) is 15.3. The monoisotopic (exact) mass is 308 g/mol. The predicted molar refractivity (Wildman–Crippen MR) is 87.6 cm³/mol. The molecule has 0 spiro atoms. The Labute approximate surface area is 135 Å². The van der Waals surface area contributed by atoms with Crippen molar-refractivity contribution in [2.75, 3.05) is 0 Å². The maximum Gasteiger partial charge on any atom is 0.283 e. The first kappa shape index (κ1) is 16.5. The first-order valence-corrected chi connectivity index (χ1v) is 9.48. The molecule has 3 aliphatic heterocycles. The zero-order valence-corrected chi connectivity index (χ0v) is 14.1. The van der Waals surface area contributed by atoms with E-state index >= 15 is 0 Å². The molecule has 0 aromatic heterocycles. The normalized spacial score (nSPS) is 36.5. The van der Waals surface area contributed by atoms with Crippen molar-refractivity contribution in [1.29, 1.82) is 0 Å². The van der Waals surface area contributed by atoms with Crippen molar-refractivity contribution in [1.82, 2.24) is 0 Å². The second-order valence-corrected chi connectivity index (χ2v) is 7.18.